The topological polar surface area (TPSA) is 50.4 Å². The number of nitrogens with one attached hydrogen (secondary N) is 2. The molecule has 4 nitrogen and oxygen atoms in total. The zero-order valence-electron chi connectivity index (χ0n) is 13.2. The van der Waals surface area contributed by atoms with Crippen LogP contribution >= 0.6 is 15.9 Å². The highest BCUT2D eigenvalue weighted by atomic mass is 79.9. The monoisotopic (exact) mass is 356 g/mol. The van der Waals surface area contributed by atoms with Gasteiger partial charge in [-0.2, -0.15) is 0 Å². The largest absolute Gasteiger partial charge is 0.483 e. The second-order valence-corrected chi connectivity index (χ2v) is 6.28. The summed E-state index contributed by atoms with van der Waals surface area (Å²) in [6, 6.07) is 6.21. The number of carbonyl (C=O) groups excluding carboxylic acids is 1. The predicted molar refractivity (Wildman–Crippen MR) is 89.6 cm³/mol. The van der Waals surface area contributed by atoms with Crippen LogP contribution in [0.3, 0.4) is 0 Å². The lowest BCUT2D eigenvalue weighted by Gasteiger charge is -2.18. The van der Waals surface area contributed by atoms with Crippen molar-refractivity contribution < 1.29 is 9.53 Å². The van der Waals surface area contributed by atoms with Crippen molar-refractivity contribution >= 4 is 21.8 Å². The molecule has 0 spiro atoms. The molecule has 5 heteroatoms. The van der Waals surface area contributed by atoms with Crippen LogP contribution in [0.15, 0.2) is 22.7 Å². The zero-order valence-corrected chi connectivity index (χ0v) is 14.8. The minimum Gasteiger partial charge on any atom is -0.483 e. The van der Waals surface area contributed by atoms with Crippen LogP contribution in [-0.2, 0) is 4.79 Å². The molecular formula is C16H25BrN2O2. The van der Waals surface area contributed by atoms with Gasteiger partial charge in [-0.25, -0.2) is 0 Å². The van der Waals surface area contributed by atoms with Crippen LogP contribution in [0.4, 0.5) is 0 Å². The van der Waals surface area contributed by atoms with Gasteiger partial charge in [0.1, 0.15) is 5.75 Å². The van der Waals surface area contributed by atoms with Crippen molar-refractivity contribution in [2.45, 2.75) is 46.2 Å². The van der Waals surface area contributed by atoms with Gasteiger partial charge in [0.15, 0.2) is 6.61 Å². The van der Waals surface area contributed by atoms with E-state index in [-0.39, 0.29) is 24.6 Å². The predicted octanol–water partition coefficient (Wildman–Crippen LogP) is 3.41. The molecule has 118 valence electrons. The molecule has 1 rings (SSSR count). The minimum atomic E-state index is -0.106. The van der Waals surface area contributed by atoms with E-state index in [4.69, 9.17) is 4.74 Å². The maximum absolute atomic E-state index is 11.7. The first-order chi connectivity index (χ1) is 9.93. The zero-order chi connectivity index (χ0) is 15.8. The average Bonchev–Trinajstić information content (AvgIpc) is 2.42. The molecule has 0 aliphatic heterocycles. The SMILES string of the molecule is CCCNC(C)c1ccc(Br)cc1OCC(=O)NC(C)C. The summed E-state index contributed by atoms with van der Waals surface area (Å²) in [6.07, 6.45) is 1.08. The highest BCUT2D eigenvalue weighted by Crippen LogP contribution is 2.28. The lowest BCUT2D eigenvalue weighted by molar-refractivity contribution is -0.123. The number of halogens is 1. The molecule has 2 N–H and O–H groups in total. The Morgan fingerprint density at radius 1 is 1.33 bits per heavy atom. The first kappa shape index (κ1) is 18.0. The third-order valence-corrected chi connectivity index (χ3v) is 3.44. The Balaban J connectivity index is 2.75. The third kappa shape index (κ3) is 6.48. The van der Waals surface area contributed by atoms with Crippen LogP contribution in [0.25, 0.3) is 0 Å². The van der Waals surface area contributed by atoms with Crippen molar-refractivity contribution in [3.63, 3.8) is 0 Å². The summed E-state index contributed by atoms with van der Waals surface area (Å²) in [5.74, 6) is 0.629. The number of hydrogen-bond donors (Lipinski definition) is 2. The second-order valence-electron chi connectivity index (χ2n) is 5.37. The molecule has 0 heterocycles. The second kappa shape index (κ2) is 9.05. The van der Waals surface area contributed by atoms with Crippen LogP contribution in [0, 0.1) is 0 Å². The normalized spacial score (nSPS) is 12.3. The van der Waals surface area contributed by atoms with Gasteiger partial charge in [0.2, 0.25) is 0 Å². The summed E-state index contributed by atoms with van der Waals surface area (Å²) < 4.78 is 6.64. The van der Waals surface area contributed by atoms with Crippen LogP contribution in [0.5, 0.6) is 5.75 Å². The molecule has 0 aromatic heterocycles. The van der Waals surface area contributed by atoms with Gasteiger partial charge in [-0.1, -0.05) is 28.9 Å². The first-order valence-electron chi connectivity index (χ1n) is 7.39. The van der Waals surface area contributed by atoms with Crippen LogP contribution in [-0.4, -0.2) is 25.1 Å². The Kier molecular flexibility index (Phi) is 7.75. The summed E-state index contributed by atoms with van der Waals surface area (Å²) >= 11 is 3.44. The quantitative estimate of drug-likeness (QED) is 0.750. The molecule has 1 atom stereocenters. The van der Waals surface area contributed by atoms with Crippen LogP contribution in [0.2, 0.25) is 0 Å². The fraction of sp³-hybridized carbons (Fsp3) is 0.562. The molecule has 1 aromatic carbocycles. The summed E-state index contributed by atoms with van der Waals surface area (Å²) in [4.78, 5) is 11.7. The number of benzene rings is 1. The van der Waals surface area contributed by atoms with Gasteiger partial charge < -0.3 is 15.4 Å². The van der Waals surface area contributed by atoms with Crippen molar-refractivity contribution in [1.82, 2.24) is 10.6 Å². The van der Waals surface area contributed by atoms with E-state index >= 15 is 0 Å². The number of hydrogen-bond acceptors (Lipinski definition) is 3. The number of rotatable bonds is 8. The molecule has 1 unspecified atom stereocenters. The van der Waals surface area contributed by atoms with E-state index in [1.165, 1.54) is 0 Å². The summed E-state index contributed by atoms with van der Waals surface area (Å²) in [5.41, 5.74) is 1.06. The maximum atomic E-state index is 11.7. The van der Waals surface area contributed by atoms with E-state index in [1.807, 2.05) is 32.0 Å². The lowest BCUT2D eigenvalue weighted by Crippen LogP contribution is -2.34. The van der Waals surface area contributed by atoms with Gasteiger partial charge in [-0.15, -0.1) is 0 Å². The van der Waals surface area contributed by atoms with Crippen molar-refractivity contribution in [2.24, 2.45) is 0 Å². The molecule has 0 aliphatic carbocycles. The average molecular weight is 357 g/mol. The van der Waals surface area contributed by atoms with Gasteiger partial charge in [0.25, 0.3) is 5.91 Å². The standard InChI is InChI=1S/C16H25BrN2O2/c1-5-8-18-12(4)14-7-6-13(17)9-15(14)21-10-16(20)19-11(2)3/h6-7,9,11-12,18H,5,8,10H2,1-4H3,(H,19,20). The van der Waals surface area contributed by atoms with Gasteiger partial charge >= 0.3 is 0 Å². The van der Waals surface area contributed by atoms with Gasteiger partial charge in [0.05, 0.1) is 0 Å². The molecular weight excluding hydrogens is 332 g/mol. The molecule has 0 radical (unpaired) electrons. The molecule has 0 aliphatic rings. The number of amides is 1. The first-order valence-corrected chi connectivity index (χ1v) is 8.18. The summed E-state index contributed by atoms with van der Waals surface area (Å²) in [6.45, 7) is 9.07. The Bertz CT molecular complexity index is 464. The maximum Gasteiger partial charge on any atom is 0.258 e. The molecule has 0 saturated carbocycles. The van der Waals surface area contributed by atoms with Gasteiger partial charge in [-0.3, -0.25) is 4.79 Å². The number of carbonyl (C=O) groups is 1. The summed E-state index contributed by atoms with van der Waals surface area (Å²) in [7, 11) is 0. The van der Waals surface area contributed by atoms with Crippen molar-refractivity contribution in [3.05, 3.63) is 28.2 Å². The van der Waals surface area contributed by atoms with E-state index in [0.717, 1.165) is 28.8 Å². The minimum absolute atomic E-state index is 0.0299. The lowest BCUT2D eigenvalue weighted by atomic mass is 10.1. The van der Waals surface area contributed by atoms with Gasteiger partial charge in [0, 0.05) is 22.1 Å². The van der Waals surface area contributed by atoms with Crippen molar-refractivity contribution in [1.29, 1.82) is 0 Å². The molecule has 1 aromatic rings. The molecule has 0 fully saturated rings. The van der Waals surface area contributed by atoms with Crippen molar-refractivity contribution in [2.75, 3.05) is 13.2 Å². The summed E-state index contributed by atoms with van der Waals surface area (Å²) in [5, 5.41) is 6.25. The smallest absolute Gasteiger partial charge is 0.258 e. The number of ether oxygens (including phenoxy) is 1. The Morgan fingerprint density at radius 2 is 2.05 bits per heavy atom. The fourth-order valence-corrected chi connectivity index (χ4v) is 2.31. The van der Waals surface area contributed by atoms with Crippen LogP contribution < -0.4 is 15.4 Å². The molecule has 0 saturated heterocycles. The Hall–Kier alpha value is -1.07. The van der Waals surface area contributed by atoms with E-state index in [2.05, 4.69) is 40.4 Å². The fourth-order valence-electron chi connectivity index (χ4n) is 1.97. The van der Waals surface area contributed by atoms with Crippen molar-refractivity contribution in [3.8, 4) is 5.75 Å². The van der Waals surface area contributed by atoms with E-state index in [9.17, 15) is 4.79 Å². The van der Waals surface area contributed by atoms with E-state index in [1.54, 1.807) is 0 Å². The Labute approximate surface area is 135 Å². The van der Waals surface area contributed by atoms with Crippen LogP contribution in [0.1, 0.15) is 45.7 Å². The van der Waals surface area contributed by atoms with E-state index < -0.39 is 0 Å². The molecule has 0 bridgehead atoms. The van der Waals surface area contributed by atoms with Gasteiger partial charge in [-0.05, 0) is 45.9 Å². The highest BCUT2D eigenvalue weighted by Gasteiger charge is 2.13. The molecule has 21 heavy (non-hydrogen) atoms. The molecule has 1 amide bonds. The van der Waals surface area contributed by atoms with E-state index in [0.29, 0.717) is 0 Å². The third-order valence-electron chi connectivity index (χ3n) is 2.95. The Morgan fingerprint density at radius 3 is 2.67 bits per heavy atom. The highest BCUT2D eigenvalue weighted by molar-refractivity contribution is 9.10.